The molecule has 9 nitrogen and oxygen atoms in total. The van der Waals surface area contributed by atoms with Crippen LogP contribution in [0.3, 0.4) is 0 Å². The van der Waals surface area contributed by atoms with Crippen molar-refractivity contribution in [1.82, 2.24) is 9.97 Å². The molecule has 27 heavy (non-hydrogen) atoms. The van der Waals surface area contributed by atoms with Gasteiger partial charge in [-0.1, -0.05) is 0 Å². The molecule has 1 heterocycles. The van der Waals surface area contributed by atoms with Crippen molar-refractivity contribution in [2.75, 3.05) is 24.3 Å². The number of ether oxygens (including phenoxy) is 1. The lowest BCUT2D eigenvalue weighted by Gasteiger charge is -2.09. The molecule has 3 aromatic rings. The fourth-order valence-electron chi connectivity index (χ4n) is 2.51. The van der Waals surface area contributed by atoms with Crippen LogP contribution in [0.4, 0.5) is 5.69 Å². The minimum atomic E-state index is -3.65. The van der Waals surface area contributed by atoms with E-state index >= 15 is 0 Å². The van der Waals surface area contributed by atoms with Gasteiger partial charge in [0, 0.05) is 6.07 Å². The fourth-order valence-corrected chi connectivity index (χ4v) is 3.52. The minimum absolute atomic E-state index is 0.119. The van der Waals surface area contributed by atoms with Crippen LogP contribution in [-0.2, 0) is 20.1 Å². The Morgan fingerprint density at radius 1 is 1.04 bits per heavy atom. The van der Waals surface area contributed by atoms with Gasteiger partial charge in [-0.25, -0.2) is 13.4 Å². The van der Waals surface area contributed by atoms with Crippen LogP contribution < -0.4 is 13.6 Å². The van der Waals surface area contributed by atoms with Crippen molar-refractivity contribution in [3.8, 4) is 22.9 Å². The normalized spacial score (nSPS) is 12.1. The third kappa shape index (κ3) is 4.68. The molecule has 0 aliphatic carbocycles. The molecule has 0 amide bonds. The summed E-state index contributed by atoms with van der Waals surface area (Å²) in [5.74, 6) is 0.961. The highest BCUT2D eigenvalue weighted by Gasteiger charge is 2.14. The van der Waals surface area contributed by atoms with Gasteiger partial charge in [0.2, 0.25) is 10.0 Å². The molecule has 2 N–H and O–H groups in total. The van der Waals surface area contributed by atoms with Gasteiger partial charge in [-0.15, -0.1) is 0 Å². The van der Waals surface area contributed by atoms with Crippen LogP contribution >= 0.6 is 0 Å². The number of nitrogens with one attached hydrogen (secondary N) is 2. The number of benzene rings is 2. The van der Waals surface area contributed by atoms with E-state index in [-0.39, 0.29) is 5.75 Å². The van der Waals surface area contributed by atoms with Gasteiger partial charge in [-0.05, 0) is 30.3 Å². The van der Waals surface area contributed by atoms with Crippen molar-refractivity contribution in [1.29, 1.82) is 0 Å². The summed E-state index contributed by atoms with van der Waals surface area (Å²) in [6.45, 7) is 0. The number of rotatable bonds is 6. The molecule has 0 unspecified atom stereocenters. The second-order valence-corrected chi connectivity index (χ2v) is 9.16. The summed E-state index contributed by atoms with van der Waals surface area (Å²) in [7, 11) is -5.60. The van der Waals surface area contributed by atoms with Crippen molar-refractivity contribution >= 4 is 36.9 Å². The maximum absolute atomic E-state index is 11.4. The average molecular weight is 411 g/mol. The molecule has 0 radical (unpaired) electrons. The van der Waals surface area contributed by atoms with Crippen LogP contribution in [0.25, 0.3) is 22.4 Å². The third-order valence-electron chi connectivity index (χ3n) is 3.46. The summed E-state index contributed by atoms with van der Waals surface area (Å²) in [6, 6.07) is 9.46. The van der Waals surface area contributed by atoms with Crippen LogP contribution in [0.5, 0.6) is 11.5 Å². The molecule has 0 aliphatic heterocycles. The maximum Gasteiger partial charge on any atom is 0.306 e. The van der Waals surface area contributed by atoms with E-state index in [4.69, 9.17) is 8.92 Å². The van der Waals surface area contributed by atoms with E-state index in [9.17, 15) is 16.8 Å². The Balaban J connectivity index is 2.01. The van der Waals surface area contributed by atoms with E-state index in [1.54, 1.807) is 24.3 Å². The number of hydrogen-bond acceptors (Lipinski definition) is 7. The first-order valence-electron chi connectivity index (χ1n) is 7.59. The van der Waals surface area contributed by atoms with Crippen LogP contribution in [0.15, 0.2) is 36.4 Å². The van der Waals surface area contributed by atoms with Gasteiger partial charge in [0.25, 0.3) is 0 Å². The standard InChI is InChI=1S/C16H17N3O6S2/c1-24-15-9-11(25-27(3,22)23)5-6-12(15)16-17-13-7-4-10(8-14(13)18-16)19-26(2,20)21/h4-9,19H,1-3H3,(H,17,18). The Bertz CT molecular complexity index is 1220. The van der Waals surface area contributed by atoms with Crippen molar-refractivity contribution in [2.45, 2.75) is 0 Å². The van der Waals surface area contributed by atoms with E-state index in [2.05, 4.69) is 14.7 Å². The van der Waals surface area contributed by atoms with Crippen molar-refractivity contribution < 1.29 is 25.8 Å². The van der Waals surface area contributed by atoms with Gasteiger partial charge in [0.1, 0.15) is 17.3 Å². The number of aromatic amines is 1. The Morgan fingerprint density at radius 3 is 2.41 bits per heavy atom. The predicted molar refractivity (Wildman–Crippen MR) is 102 cm³/mol. The predicted octanol–water partition coefficient (Wildman–Crippen LogP) is 1.95. The zero-order chi connectivity index (χ0) is 19.8. The summed E-state index contributed by atoms with van der Waals surface area (Å²) in [4.78, 5) is 7.56. The first-order chi connectivity index (χ1) is 12.5. The number of sulfonamides is 1. The van der Waals surface area contributed by atoms with Crippen molar-refractivity contribution in [3.63, 3.8) is 0 Å². The molecule has 0 atom stereocenters. The zero-order valence-corrected chi connectivity index (χ0v) is 16.3. The third-order valence-corrected chi connectivity index (χ3v) is 4.56. The first kappa shape index (κ1) is 19.0. The van der Waals surface area contributed by atoms with Gasteiger partial charge in [0.15, 0.2) is 0 Å². The van der Waals surface area contributed by atoms with Gasteiger partial charge >= 0.3 is 10.1 Å². The summed E-state index contributed by atoms with van der Waals surface area (Å²) in [5.41, 5.74) is 2.25. The maximum atomic E-state index is 11.4. The largest absolute Gasteiger partial charge is 0.496 e. The van der Waals surface area contributed by atoms with Crippen molar-refractivity contribution in [3.05, 3.63) is 36.4 Å². The topological polar surface area (TPSA) is 127 Å². The lowest BCUT2D eigenvalue weighted by atomic mass is 10.2. The molecule has 11 heteroatoms. The Labute approximate surface area is 156 Å². The Morgan fingerprint density at radius 2 is 1.78 bits per heavy atom. The number of hydrogen-bond donors (Lipinski definition) is 2. The summed E-state index contributed by atoms with van der Waals surface area (Å²) < 4.78 is 57.9. The highest BCUT2D eigenvalue weighted by molar-refractivity contribution is 7.92. The molecule has 3 rings (SSSR count). The lowest BCUT2D eigenvalue weighted by molar-refractivity contribution is 0.413. The number of H-pyrrole nitrogens is 1. The number of methoxy groups -OCH3 is 1. The molecule has 0 bridgehead atoms. The number of aromatic nitrogens is 2. The minimum Gasteiger partial charge on any atom is -0.496 e. The van der Waals surface area contributed by atoms with Crippen LogP contribution in [-0.4, -0.2) is 46.4 Å². The molecule has 2 aromatic carbocycles. The lowest BCUT2D eigenvalue weighted by Crippen LogP contribution is -2.09. The molecule has 0 spiro atoms. The highest BCUT2D eigenvalue weighted by Crippen LogP contribution is 2.33. The molecule has 0 saturated heterocycles. The Kier molecular flexibility index (Phi) is 4.74. The molecule has 0 fully saturated rings. The van der Waals surface area contributed by atoms with Crippen LogP contribution in [0.2, 0.25) is 0 Å². The van der Waals surface area contributed by atoms with Crippen LogP contribution in [0, 0.1) is 0 Å². The van der Waals surface area contributed by atoms with Gasteiger partial charge in [-0.2, -0.15) is 8.42 Å². The van der Waals surface area contributed by atoms with E-state index in [1.165, 1.54) is 19.2 Å². The van der Waals surface area contributed by atoms with Gasteiger partial charge in [-0.3, -0.25) is 4.72 Å². The Hall–Kier alpha value is -2.79. The second-order valence-electron chi connectivity index (χ2n) is 5.84. The first-order valence-corrected chi connectivity index (χ1v) is 11.3. The second kappa shape index (κ2) is 6.74. The number of anilines is 1. The quantitative estimate of drug-likeness (QED) is 0.593. The van der Waals surface area contributed by atoms with Crippen molar-refractivity contribution in [2.24, 2.45) is 0 Å². The summed E-state index contributed by atoms with van der Waals surface area (Å²) in [6.07, 6.45) is 2.02. The monoisotopic (exact) mass is 411 g/mol. The summed E-state index contributed by atoms with van der Waals surface area (Å²) in [5, 5.41) is 0. The number of imidazole rings is 1. The zero-order valence-electron chi connectivity index (χ0n) is 14.7. The van der Waals surface area contributed by atoms with E-state index < -0.39 is 20.1 Å². The number of nitrogens with zero attached hydrogens (tertiary/aromatic N) is 1. The average Bonchev–Trinajstić information content (AvgIpc) is 2.94. The molecular formula is C16H17N3O6S2. The van der Waals surface area contributed by atoms with E-state index in [1.807, 2.05) is 0 Å². The van der Waals surface area contributed by atoms with E-state index in [0.717, 1.165) is 12.5 Å². The molecular weight excluding hydrogens is 394 g/mol. The SMILES string of the molecule is COc1cc(OS(C)(=O)=O)ccc1-c1nc2ccc(NS(C)(=O)=O)cc2[nH]1. The highest BCUT2D eigenvalue weighted by atomic mass is 32.2. The molecule has 0 aliphatic rings. The molecule has 144 valence electrons. The van der Waals surface area contributed by atoms with Crippen LogP contribution in [0.1, 0.15) is 0 Å². The smallest absolute Gasteiger partial charge is 0.306 e. The molecule has 0 saturated carbocycles. The molecule has 1 aromatic heterocycles. The summed E-state index contributed by atoms with van der Waals surface area (Å²) >= 11 is 0. The fraction of sp³-hybridized carbons (Fsp3) is 0.188. The van der Waals surface area contributed by atoms with E-state index in [0.29, 0.717) is 33.9 Å². The van der Waals surface area contributed by atoms with Gasteiger partial charge < -0.3 is 13.9 Å². The van der Waals surface area contributed by atoms with Gasteiger partial charge in [0.05, 0.1) is 41.9 Å². The number of fused-ring (bicyclic) bond motifs is 1.